The zero-order valence-corrected chi connectivity index (χ0v) is 9.68. The minimum Gasteiger partial charge on any atom is -1.00 e. The molecule has 0 spiro atoms. The molecular formula is C4H12NaO4P. The third-order valence-corrected chi connectivity index (χ3v) is 2.20. The Bertz CT molecular complexity index is 115. The van der Waals surface area contributed by atoms with Gasteiger partial charge in [-0.15, -0.1) is 0 Å². The van der Waals surface area contributed by atoms with Gasteiger partial charge in [0.05, 0.1) is 6.61 Å². The van der Waals surface area contributed by atoms with E-state index in [2.05, 4.69) is 13.6 Å². The van der Waals surface area contributed by atoms with Gasteiger partial charge in [0.15, 0.2) is 0 Å². The van der Waals surface area contributed by atoms with E-state index in [0.29, 0.717) is 6.61 Å². The fourth-order valence-electron chi connectivity index (χ4n) is 0.338. The topological polar surface area (TPSA) is 44.8 Å². The summed E-state index contributed by atoms with van der Waals surface area (Å²) < 4.78 is 24.4. The molecular weight excluding hydrogens is 166 g/mol. The fourth-order valence-corrected chi connectivity index (χ4v) is 1.01. The molecule has 0 aliphatic rings. The van der Waals surface area contributed by atoms with Gasteiger partial charge in [0.25, 0.3) is 0 Å². The molecule has 10 heavy (non-hydrogen) atoms. The predicted octanol–water partition coefficient (Wildman–Crippen LogP) is -1.46. The van der Waals surface area contributed by atoms with Crippen molar-refractivity contribution >= 4 is 7.82 Å². The van der Waals surface area contributed by atoms with Crippen molar-refractivity contribution in [2.24, 2.45) is 0 Å². The van der Waals surface area contributed by atoms with Crippen LogP contribution in [0, 0.1) is 0 Å². The molecule has 0 aliphatic carbocycles. The Kier molecular flexibility index (Phi) is 9.30. The maximum absolute atomic E-state index is 10.9. The van der Waals surface area contributed by atoms with Crippen LogP contribution < -0.4 is 29.6 Å². The third-order valence-electron chi connectivity index (χ3n) is 0.734. The van der Waals surface area contributed by atoms with Crippen LogP contribution in [0.5, 0.6) is 0 Å². The molecule has 0 aromatic heterocycles. The van der Waals surface area contributed by atoms with E-state index in [1.807, 2.05) is 0 Å². The van der Waals surface area contributed by atoms with Gasteiger partial charge in [-0.3, -0.25) is 13.6 Å². The fraction of sp³-hybridized carbons (Fsp3) is 1.00. The molecule has 0 rings (SSSR count). The maximum Gasteiger partial charge on any atom is 1.00 e. The second-order valence-corrected chi connectivity index (χ2v) is 3.11. The van der Waals surface area contributed by atoms with Gasteiger partial charge >= 0.3 is 37.4 Å². The van der Waals surface area contributed by atoms with Crippen molar-refractivity contribution in [2.75, 3.05) is 20.8 Å². The second kappa shape index (κ2) is 6.80. The molecule has 0 aromatic carbocycles. The van der Waals surface area contributed by atoms with Crippen molar-refractivity contribution in [3.63, 3.8) is 0 Å². The Morgan fingerprint density at radius 2 is 1.80 bits per heavy atom. The molecule has 0 radical (unpaired) electrons. The largest absolute Gasteiger partial charge is 1.00 e. The van der Waals surface area contributed by atoms with Crippen LogP contribution in [0.4, 0.5) is 0 Å². The SMILES string of the molecule is CCOP(=O)(OC)OC.[H-].[Na+]. The molecule has 0 saturated carbocycles. The summed E-state index contributed by atoms with van der Waals surface area (Å²) in [5, 5.41) is 0. The van der Waals surface area contributed by atoms with Crippen molar-refractivity contribution in [3.05, 3.63) is 0 Å². The number of phosphoric ester groups is 1. The van der Waals surface area contributed by atoms with Gasteiger partial charge < -0.3 is 1.43 Å². The van der Waals surface area contributed by atoms with E-state index in [1.165, 1.54) is 14.2 Å². The normalized spacial score (nSPS) is 10.7. The number of phosphoric acid groups is 1. The summed E-state index contributed by atoms with van der Waals surface area (Å²) in [5.41, 5.74) is 0. The smallest absolute Gasteiger partial charge is 1.00 e. The van der Waals surface area contributed by atoms with Crippen LogP contribution in [0.15, 0.2) is 0 Å². The molecule has 0 amide bonds. The Morgan fingerprint density at radius 3 is 1.90 bits per heavy atom. The van der Waals surface area contributed by atoms with Gasteiger partial charge in [-0.25, -0.2) is 4.57 Å². The Morgan fingerprint density at radius 1 is 1.40 bits per heavy atom. The zero-order valence-electron chi connectivity index (χ0n) is 7.79. The van der Waals surface area contributed by atoms with Crippen LogP contribution in [0.1, 0.15) is 8.35 Å². The standard InChI is InChI=1S/C4H11O4P.Na.H/c1-4-8-9(5,6-2)7-3;;/h4H2,1-3H3;;/q;+1;-1. The Labute approximate surface area is 84.6 Å². The average Bonchev–Trinajstić information content (AvgIpc) is 1.89. The Balaban J connectivity index is -0.000000320. The third kappa shape index (κ3) is 4.85. The van der Waals surface area contributed by atoms with Crippen LogP contribution in [-0.2, 0) is 18.1 Å². The van der Waals surface area contributed by atoms with Crippen molar-refractivity contribution < 1.29 is 49.1 Å². The molecule has 6 heteroatoms. The molecule has 0 saturated heterocycles. The molecule has 0 aliphatic heterocycles. The minimum absolute atomic E-state index is 0. The predicted molar refractivity (Wildman–Crippen MR) is 34.4 cm³/mol. The summed E-state index contributed by atoms with van der Waals surface area (Å²) in [4.78, 5) is 0. The minimum atomic E-state index is -3.18. The van der Waals surface area contributed by atoms with Crippen molar-refractivity contribution in [1.82, 2.24) is 0 Å². The molecule has 0 heterocycles. The van der Waals surface area contributed by atoms with E-state index in [4.69, 9.17) is 0 Å². The number of rotatable bonds is 4. The van der Waals surface area contributed by atoms with Crippen molar-refractivity contribution in [1.29, 1.82) is 0 Å². The molecule has 0 N–H and O–H groups in total. The molecule has 4 nitrogen and oxygen atoms in total. The first-order valence-corrected chi connectivity index (χ1v) is 4.00. The van der Waals surface area contributed by atoms with Gasteiger partial charge in [0.1, 0.15) is 0 Å². The van der Waals surface area contributed by atoms with Crippen LogP contribution in [0.2, 0.25) is 0 Å². The molecule has 0 aromatic rings. The van der Waals surface area contributed by atoms with Crippen LogP contribution >= 0.6 is 7.82 Å². The van der Waals surface area contributed by atoms with E-state index < -0.39 is 7.82 Å². The van der Waals surface area contributed by atoms with Crippen molar-refractivity contribution in [3.8, 4) is 0 Å². The van der Waals surface area contributed by atoms with E-state index >= 15 is 0 Å². The summed E-state index contributed by atoms with van der Waals surface area (Å²) in [6.07, 6.45) is 0. The van der Waals surface area contributed by atoms with E-state index in [-0.39, 0.29) is 31.0 Å². The summed E-state index contributed by atoms with van der Waals surface area (Å²) >= 11 is 0. The summed E-state index contributed by atoms with van der Waals surface area (Å²) in [7, 11) is -0.626. The van der Waals surface area contributed by atoms with Gasteiger partial charge in [0.2, 0.25) is 0 Å². The van der Waals surface area contributed by atoms with Gasteiger partial charge in [-0.2, -0.15) is 0 Å². The number of hydrogen-bond acceptors (Lipinski definition) is 4. The summed E-state index contributed by atoms with van der Waals surface area (Å²) in [6.45, 7) is 2.03. The quantitative estimate of drug-likeness (QED) is 0.390. The molecule has 58 valence electrons. The molecule has 0 fully saturated rings. The van der Waals surface area contributed by atoms with E-state index in [9.17, 15) is 4.57 Å². The first-order valence-electron chi connectivity index (χ1n) is 2.54. The van der Waals surface area contributed by atoms with Crippen LogP contribution in [-0.4, -0.2) is 20.8 Å². The van der Waals surface area contributed by atoms with Gasteiger partial charge in [0, 0.05) is 14.2 Å². The molecule has 0 atom stereocenters. The van der Waals surface area contributed by atoms with E-state index in [1.54, 1.807) is 6.92 Å². The van der Waals surface area contributed by atoms with E-state index in [0.717, 1.165) is 0 Å². The van der Waals surface area contributed by atoms with Crippen LogP contribution in [0.25, 0.3) is 0 Å². The molecule has 0 unspecified atom stereocenters. The maximum atomic E-state index is 10.9. The average molecular weight is 178 g/mol. The van der Waals surface area contributed by atoms with Gasteiger partial charge in [-0.05, 0) is 6.92 Å². The Hall–Kier alpha value is 1.11. The number of hydrogen-bond donors (Lipinski definition) is 0. The summed E-state index contributed by atoms with van der Waals surface area (Å²) in [6, 6.07) is 0. The summed E-state index contributed by atoms with van der Waals surface area (Å²) in [5.74, 6) is 0. The van der Waals surface area contributed by atoms with Crippen molar-refractivity contribution in [2.45, 2.75) is 6.92 Å². The monoisotopic (exact) mass is 178 g/mol. The second-order valence-electron chi connectivity index (χ2n) is 1.23. The molecule has 0 bridgehead atoms. The zero-order chi connectivity index (χ0) is 7.33. The first kappa shape index (κ1) is 13.7. The first-order chi connectivity index (χ1) is 4.18. The van der Waals surface area contributed by atoms with Crippen LogP contribution in [0.3, 0.4) is 0 Å². The van der Waals surface area contributed by atoms with Gasteiger partial charge in [-0.1, -0.05) is 0 Å².